The summed E-state index contributed by atoms with van der Waals surface area (Å²) in [5, 5.41) is 7.43. The van der Waals surface area contributed by atoms with Gasteiger partial charge in [0.2, 0.25) is 0 Å². The third kappa shape index (κ3) is 5.60. The molecule has 2 heterocycles. The summed E-state index contributed by atoms with van der Waals surface area (Å²) >= 11 is 0. The van der Waals surface area contributed by atoms with Crippen molar-refractivity contribution >= 4 is 36.0 Å². The van der Waals surface area contributed by atoms with E-state index in [0.717, 1.165) is 23.0 Å². The number of nitrogens with one attached hydrogen (secondary N) is 1. The molecular formula is C19H26IN5O3. The van der Waals surface area contributed by atoms with Gasteiger partial charge in [0.15, 0.2) is 11.7 Å². The lowest BCUT2D eigenvalue weighted by Gasteiger charge is -2.35. The topological polar surface area (TPSA) is 83.2 Å². The maximum absolute atomic E-state index is 11.8. The number of carbonyl (C=O) groups is 1. The maximum atomic E-state index is 11.8. The molecule has 3 rings (SSSR count). The molecule has 152 valence electrons. The van der Waals surface area contributed by atoms with Gasteiger partial charge in [-0.25, -0.2) is 4.79 Å². The van der Waals surface area contributed by atoms with E-state index in [-0.39, 0.29) is 30.1 Å². The van der Waals surface area contributed by atoms with Gasteiger partial charge in [0.1, 0.15) is 5.69 Å². The Hall–Kier alpha value is -2.30. The molecule has 1 aromatic heterocycles. The molecule has 0 saturated carbocycles. The van der Waals surface area contributed by atoms with Crippen LogP contribution in [0.2, 0.25) is 0 Å². The van der Waals surface area contributed by atoms with Crippen molar-refractivity contribution in [2.75, 3.05) is 39.8 Å². The molecule has 28 heavy (non-hydrogen) atoms. The number of benzene rings is 1. The van der Waals surface area contributed by atoms with E-state index in [0.29, 0.717) is 39.3 Å². The number of nitrogens with zero attached hydrogens (tertiary/aromatic N) is 4. The van der Waals surface area contributed by atoms with Crippen LogP contribution >= 0.6 is 24.0 Å². The van der Waals surface area contributed by atoms with E-state index in [1.54, 1.807) is 11.9 Å². The molecule has 0 spiro atoms. The van der Waals surface area contributed by atoms with Crippen molar-refractivity contribution in [1.82, 2.24) is 20.3 Å². The first-order valence-corrected chi connectivity index (χ1v) is 9.09. The zero-order valence-electron chi connectivity index (χ0n) is 16.1. The minimum Gasteiger partial charge on any atom is -0.450 e. The Morgan fingerprint density at radius 2 is 1.89 bits per heavy atom. The Balaban J connectivity index is 0.00000280. The lowest BCUT2D eigenvalue weighted by Crippen LogP contribution is -2.53. The third-order valence-corrected chi connectivity index (χ3v) is 4.36. The first-order valence-electron chi connectivity index (χ1n) is 9.09. The molecule has 1 saturated heterocycles. The smallest absolute Gasteiger partial charge is 0.409 e. The number of rotatable bonds is 4. The Labute approximate surface area is 181 Å². The van der Waals surface area contributed by atoms with E-state index < -0.39 is 0 Å². The van der Waals surface area contributed by atoms with Crippen LogP contribution in [-0.4, -0.2) is 66.8 Å². The largest absolute Gasteiger partial charge is 0.450 e. The van der Waals surface area contributed by atoms with Gasteiger partial charge in [0.05, 0.1) is 13.2 Å². The zero-order chi connectivity index (χ0) is 19.1. The first-order chi connectivity index (χ1) is 13.2. The van der Waals surface area contributed by atoms with E-state index in [1.807, 2.05) is 43.3 Å². The van der Waals surface area contributed by atoms with Crippen molar-refractivity contribution in [1.29, 1.82) is 0 Å². The highest BCUT2D eigenvalue weighted by Crippen LogP contribution is 2.19. The van der Waals surface area contributed by atoms with Crippen LogP contribution in [0.5, 0.6) is 0 Å². The Kier molecular flexibility index (Phi) is 8.55. The third-order valence-electron chi connectivity index (χ3n) is 4.36. The highest BCUT2D eigenvalue weighted by molar-refractivity contribution is 14.0. The van der Waals surface area contributed by atoms with Gasteiger partial charge in [-0.1, -0.05) is 35.5 Å². The van der Waals surface area contributed by atoms with Crippen molar-refractivity contribution in [3.05, 3.63) is 42.1 Å². The number of carbonyl (C=O) groups excluding carboxylic acids is 1. The van der Waals surface area contributed by atoms with Crippen LogP contribution in [0.3, 0.4) is 0 Å². The highest BCUT2D eigenvalue weighted by Gasteiger charge is 2.23. The summed E-state index contributed by atoms with van der Waals surface area (Å²) in [6, 6.07) is 11.8. The van der Waals surface area contributed by atoms with Crippen molar-refractivity contribution in [2.45, 2.75) is 13.5 Å². The van der Waals surface area contributed by atoms with E-state index in [4.69, 9.17) is 9.26 Å². The lowest BCUT2D eigenvalue weighted by atomic mass is 10.2. The number of aromatic nitrogens is 1. The standard InChI is InChI=1S/C19H25N5O3.HI/c1-3-26-19(25)24-11-9-23(10-12-24)18(20-2)21-14-16-13-17(27-22-16)15-7-5-4-6-8-15;/h4-8,13H,3,9-12,14H2,1-2H3,(H,20,21);1H. The molecule has 1 amide bonds. The van der Waals surface area contributed by atoms with Gasteiger partial charge in [-0.3, -0.25) is 4.99 Å². The molecule has 0 radical (unpaired) electrons. The number of amides is 1. The van der Waals surface area contributed by atoms with Gasteiger partial charge in [0, 0.05) is 44.9 Å². The minimum absolute atomic E-state index is 0. The Bertz CT molecular complexity index is 773. The summed E-state index contributed by atoms with van der Waals surface area (Å²) in [5.41, 5.74) is 1.80. The Morgan fingerprint density at radius 3 is 2.54 bits per heavy atom. The summed E-state index contributed by atoms with van der Waals surface area (Å²) in [5.74, 6) is 1.52. The second-order valence-electron chi connectivity index (χ2n) is 6.12. The fourth-order valence-electron chi connectivity index (χ4n) is 2.95. The van der Waals surface area contributed by atoms with Gasteiger partial charge in [-0.05, 0) is 6.92 Å². The van der Waals surface area contributed by atoms with Crippen molar-refractivity contribution in [2.24, 2.45) is 4.99 Å². The number of halogens is 1. The average Bonchev–Trinajstić information content (AvgIpc) is 3.19. The van der Waals surface area contributed by atoms with Crippen molar-refractivity contribution < 1.29 is 14.1 Å². The van der Waals surface area contributed by atoms with Crippen LogP contribution in [0, 0.1) is 0 Å². The fraction of sp³-hybridized carbons (Fsp3) is 0.421. The fourth-order valence-corrected chi connectivity index (χ4v) is 2.95. The Morgan fingerprint density at radius 1 is 1.21 bits per heavy atom. The van der Waals surface area contributed by atoms with Gasteiger partial charge in [-0.15, -0.1) is 24.0 Å². The summed E-state index contributed by atoms with van der Waals surface area (Å²) < 4.78 is 10.5. The monoisotopic (exact) mass is 499 g/mol. The van der Waals surface area contributed by atoms with Crippen LogP contribution in [0.25, 0.3) is 11.3 Å². The molecule has 9 heteroatoms. The molecule has 0 aliphatic carbocycles. The number of piperazine rings is 1. The molecule has 1 N–H and O–H groups in total. The predicted molar refractivity (Wildman–Crippen MR) is 118 cm³/mol. The van der Waals surface area contributed by atoms with Crippen LogP contribution in [0.4, 0.5) is 4.79 Å². The molecule has 0 bridgehead atoms. The van der Waals surface area contributed by atoms with Gasteiger partial charge in [-0.2, -0.15) is 0 Å². The van der Waals surface area contributed by atoms with Crippen molar-refractivity contribution in [3.63, 3.8) is 0 Å². The number of hydrogen-bond acceptors (Lipinski definition) is 5. The molecule has 1 aromatic carbocycles. The molecule has 2 aromatic rings. The van der Waals surface area contributed by atoms with Crippen LogP contribution in [-0.2, 0) is 11.3 Å². The SMILES string of the molecule is CCOC(=O)N1CCN(C(=NC)NCc2cc(-c3ccccc3)on2)CC1.I. The maximum Gasteiger partial charge on any atom is 0.409 e. The van der Waals surface area contributed by atoms with E-state index in [2.05, 4.69) is 20.4 Å². The van der Waals surface area contributed by atoms with Crippen LogP contribution in [0.1, 0.15) is 12.6 Å². The molecule has 1 fully saturated rings. The minimum atomic E-state index is -0.254. The number of ether oxygens (including phenoxy) is 1. The number of hydrogen-bond donors (Lipinski definition) is 1. The van der Waals surface area contributed by atoms with Crippen LogP contribution < -0.4 is 5.32 Å². The highest BCUT2D eigenvalue weighted by atomic mass is 127. The molecule has 1 aliphatic rings. The van der Waals surface area contributed by atoms with Crippen LogP contribution in [0.15, 0.2) is 45.9 Å². The van der Waals surface area contributed by atoms with E-state index >= 15 is 0 Å². The van der Waals surface area contributed by atoms with E-state index in [9.17, 15) is 4.79 Å². The first kappa shape index (κ1) is 22.0. The van der Waals surface area contributed by atoms with Crippen molar-refractivity contribution in [3.8, 4) is 11.3 Å². The number of guanidine groups is 1. The second-order valence-corrected chi connectivity index (χ2v) is 6.12. The summed E-state index contributed by atoms with van der Waals surface area (Å²) in [6.45, 7) is 5.35. The molecule has 0 unspecified atom stereocenters. The van der Waals surface area contributed by atoms with Gasteiger partial charge in [0.25, 0.3) is 0 Å². The molecule has 1 aliphatic heterocycles. The zero-order valence-corrected chi connectivity index (χ0v) is 18.5. The van der Waals surface area contributed by atoms with Gasteiger partial charge >= 0.3 is 6.09 Å². The predicted octanol–water partition coefficient (Wildman–Crippen LogP) is 2.81. The quantitative estimate of drug-likeness (QED) is 0.396. The normalized spacial score (nSPS) is 14.4. The number of aliphatic imine (C=N–C) groups is 1. The summed E-state index contributed by atoms with van der Waals surface area (Å²) in [4.78, 5) is 20.0. The lowest BCUT2D eigenvalue weighted by molar-refractivity contribution is 0.0914. The van der Waals surface area contributed by atoms with E-state index in [1.165, 1.54) is 0 Å². The average molecular weight is 499 g/mol. The molecular weight excluding hydrogens is 473 g/mol. The summed E-state index contributed by atoms with van der Waals surface area (Å²) in [6.07, 6.45) is -0.254. The molecule has 8 nitrogen and oxygen atoms in total. The summed E-state index contributed by atoms with van der Waals surface area (Å²) in [7, 11) is 1.75. The second kappa shape index (κ2) is 10.9. The van der Waals surface area contributed by atoms with Gasteiger partial charge < -0.3 is 24.4 Å². The molecule has 0 atom stereocenters.